The number of benzene rings is 2. The lowest BCUT2D eigenvalue weighted by molar-refractivity contribution is 0.0472. The molecular weight excluding hydrogens is 292 g/mol. The van der Waals surface area contributed by atoms with Gasteiger partial charge in [-0.25, -0.2) is 4.79 Å². The fraction of sp³-hybridized carbons (Fsp3) is 0.133. The number of carbonyl (C=O) groups excluding carboxylic acids is 1. The van der Waals surface area contributed by atoms with Gasteiger partial charge in [-0.2, -0.15) is 0 Å². The van der Waals surface area contributed by atoms with Gasteiger partial charge < -0.3 is 4.74 Å². The second kappa shape index (κ2) is 5.83. The maximum absolute atomic E-state index is 11.9. The molecule has 2 rings (SSSR count). The Morgan fingerprint density at radius 1 is 1.11 bits per heavy atom. The largest absolute Gasteiger partial charge is 0.457 e. The molecule has 0 saturated heterocycles. The number of hydrogen-bond donors (Lipinski definition) is 0. The molecule has 2 aromatic carbocycles. The van der Waals surface area contributed by atoms with Crippen molar-refractivity contribution in [1.82, 2.24) is 0 Å². The average molecular weight is 305 g/mol. The first-order chi connectivity index (χ1) is 8.66. The number of esters is 1. The van der Waals surface area contributed by atoms with Gasteiger partial charge in [-0.3, -0.25) is 0 Å². The zero-order valence-corrected chi connectivity index (χ0v) is 11.6. The molecule has 0 amide bonds. The Morgan fingerprint density at radius 3 is 2.44 bits per heavy atom. The highest BCUT2D eigenvalue weighted by Gasteiger charge is 2.09. The van der Waals surface area contributed by atoms with Crippen molar-refractivity contribution in [2.45, 2.75) is 13.5 Å². The van der Waals surface area contributed by atoms with Crippen molar-refractivity contribution < 1.29 is 9.53 Å². The monoisotopic (exact) mass is 304 g/mol. The normalized spacial score (nSPS) is 10.1. The summed E-state index contributed by atoms with van der Waals surface area (Å²) in [4.78, 5) is 11.9. The van der Waals surface area contributed by atoms with E-state index >= 15 is 0 Å². The number of ether oxygens (including phenoxy) is 1. The van der Waals surface area contributed by atoms with Gasteiger partial charge in [0, 0.05) is 4.47 Å². The van der Waals surface area contributed by atoms with Gasteiger partial charge in [0.2, 0.25) is 0 Å². The first-order valence-corrected chi connectivity index (χ1v) is 6.43. The number of aryl methyl sites for hydroxylation is 1. The summed E-state index contributed by atoms with van der Waals surface area (Å²) in [5, 5.41) is 0. The van der Waals surface area contributed by atoms with Crippen molar-refractivity contribution in [3.63, 3.8) is 0 Å². The molecule has 3 heteroatoms. The van der Waals surface area contributed by atoms with E-state index in [2.05, 4.69) is 15.9 Å². The van der Waals surface area contributed by atoms with Crippen molar-refractivity contribution in [2.75, 3.05) is 0 Å². The molecule has 2 nitrogen and oxygen atoms in total. The summed E-state index contributed by atoms with van der Waals surface area (Å²) < 4.78 is 6.29. The summed E-state index contributed by atoms with van der Waals surface area (Å²) in [5.74, 6) is -0.281. The Labute approximate surface area is 115 Å². The molecule has 0 saturated carbocycles. The molecule has 0 aliphatic heterocycles. The number of hydrogen-bond acceptors (Lipinski definition) is 2. The van der Waals surface area contributed by atoms with Crippen LogP contribution in [0.15, 0.2) is 53.0 Å². The van der Waals surface area contributed by atoms with E-state index in [9.17, 15) is 4.79 Å². The van der Waals surface area contributed by atoms with E-state index in [-0.39, 0.29) is 5.97 Å². The summed E-state index contributed by atoms with van der Waals surface area (Å²) in [6.45, 7) is 2.19. The lowest BCUT2D eigenvalue weighted by Gasteiger charge is -2.07. The van der Waals surface area contributed by atoms with Crippen LogP contribution in [0.1, 0.15) is 21.5 Å². The van der Waals surface area contributed by atoms with Gasteiger partial charge in [0.25, 0.3) is 0 Å². The Balaban J connectivity index is 2.01. The molecule has 0 fully saturated rings. The van der Waals surface area contributed by atoms with E-state index in [0.717, 1.165) is 15.6 Å². The van der Waals surface area contributed by atoms with Crippen LogP contribution in [0.2, 0.25) is 0 Å². The maximum Gasteiger partial charge on any atom is 0.338 e. The topological polar surface area (TPSA) is 26.3 Å². The quantitative estimate of drug-likeness (QED) is 0.798. The van der Waals surface area contributed by atoms with Crippen molar-refractivity contribution in [2.24, 2.45) is 0 Å². The third-order valence-corrected chi connectivity index (χ3v) is 3.18. The van der Waals surface area contributed by atoms with Gasteiger partial charge in [0.05, 0.1) is 5.56 Å². The molecule has 2 aromatic rings. The Hall–Kier alpha value is -1.61. The predicted octanol–water partition coefficient (Wildman–Crippen LogP) is 4.11. The standard InChI is InChI=1S/C15H13BrO2/c1-11-4-2-3-5-14(11)15(17)18-10-12-6-8-13(16)9-7-12/h2-9H,10H2,1H3. The second-order valence-corrected chi connectivity index (χ2v) is 4.93. The molecule has 0 atom stereocenters. The van der Waals surface area contributed by atoms with Crippen LogP contribution in [0.3, 0.4) is 0 Å². The molecule has 0 bridgehead atoms. The smallest absolute Gasteiger partial charge is 0.338 e. The van der Waals surface area contributed by atoms with Crippen molar-refractivity contribution in [3.8, 4) is 0 Å². The molecule has 0 heterocycles. The molecule has 0 unspecified atom stereocenters. The van der Waals surface area contributed by atoms with Gasteiger partial charge in [-0.1, -0.05) is 46.3 Å². The highest BCUT2D eigenvalue weighted by atomic mass is 79.9. The molecule has 0 spiro atoms. The summed E-state index contributed by atoms with van der Waals surface area (Å²) >= 11 is 3.36. The Bertz CT molecular complexity index is 547. The highest BCUT2D eigenvalue weighted by molar-refractivity contribution is 9.10. The molecule has 18 heavy (non-hydrogen) atoms. The van der Waals surface area contributed by atoms with Crippen LogP contribution < -0.4 is 0 Å². The minimum atomic E-state index is -0.281. The molecule has 0 aromatic heterocycles. The minimum Gasteiger partial charge on any atom is -0.457 e. The second-order valence-electron chi connectivity index (χ2n) is 4.02. The summed E-state index contributed by atoms with van der Waals surface area (Å²) in [6.07, 6.45) is 0. The molecule has 0 radical (unpaired) electrons. The lowest BCUT2D eigenvalue weighted by atomic mass is 10.1. The first kappa shape index (κ1) is 12.8. The molecule has 0 N–H and O–H groups in total. The van der Waals surface area contributed by atoms with Crippen LogP contribution in [-0.4, -0.2) is 5.97 Å². The van der Waals surface area contributed by atoms with Gasteiger partial charge in [-0.05, 0) is 36.2 Å². The summed E-state index contributed by atoms with van der Waals surface area (Å²) in [6, 6.07) is 15.1. The van der Waals surface area contributed by atoms with E-state index in [1.54, 1.807) is 6.07 Å². The third kappa shape index (κ3) is 3.20. The van der Waals surface area contributed by atoms with E-state index in [1.165, 1.54) is 0 Å². The lowest BCUT2D eigenvalue weighted by Crippen LogP contribution is -2.06. The maximum atomic E-state index is 11.9. The van der Waals surface area contributed by atoms with Gasteiger partial charge in [0.1, 0.15) is 6.61 Å². The average Bonchev–Trinajstić information content (AvgIpc) is 2.38. The highest BCUT2D eigenvalue weighted by Crippen LogP contribution is 2.13. The number of rotatable bonds is 3. The molecular formula is C15H13BrO2. The van der Waals surface area contributed by atoms with Crippen molar-refractivity contribution >= 4 is 21.9 Å². The SMILES string of the molecule is Cc1ccccc1C(=O)OCc1ccc(Br)cc1. The van der Waals surface area contributed by atoms with Gasteiger partial charge in [0.15, 0.2) is 0 Å². The van der Waals surface area contributed by atoms with E-state index in [1.807, 2.05) is 49.4 Å². The zero-order valence-electron chi connectivity index (χ0n) is 10.0. The fourth-order valence-electron chi connectivity index (χ4n) is 1.61. The van der Waals surface area contributed by atoms with Crippen molar-refractivity contribution in [3.05, 3.63) is 69.7 Å². The Morgan fingerprint density at radius 2 is 1.78 bits per heavy atom. The molecule has 0 aliphatic carbocycles. The van der Waals surface area contributed by atoms with Gasteiger partial charge >= 0.3 is 5.97 Å². The van der Waals surface area contributed by atoms with E-state index in [0.29, 0.717) is 12.2 Å². The van der Waals surface area contributed by atoms with Crippen LogP contribution in [0.4, 0.5) is 0 Å². The zero-order chi connectivity index (χ0) is 13.0. The number of carbonyl (C=O) groups is 1. The molecule has 0 aliphatic rings. The van der Waals surface area contributed by atoms with Crippen LogP contribution >= 0.6 is 15.9 Å². The summed E-state index contributed by atoms with van der Waals surface area (Å²) in [5.41, 5.74) is 2.52. The van der Waals surface area contributed by atoms with Crippen LogP contribution in [-0.2, 0) is 11.3 Å². The Kier molecular flexibility index (Phi) is 4.15. The van der Waals surface area contributed by atoms with E-state index < -0.39 is 0 Å². The van der Waals surface area contributed by atoms with Crippen molar-refractivity contribution in [1.29, 1.82) is 0 Å². The van der Waals surface area contributed by atoms with Crippen LogP contribution in [0.25, 0.3) is 0 Å². The van der Waals surface area contributed by atoms with E-state index in [4.69, 9.17) is 4.74 Å². The minimum absolute atomic E-state index is 0.281. The third-order valence-electron chi connectivity index (χ3n) is 2.65. The van der Waals surface area contributed by atoms with Crippen LogP contribution in [0, 0.1) is 6.92 Å². The predicted molar refractivity (Wildman–Crippen MR) is 74.4 cm³/mol. The number of halogens is 1. The van der Waals surface area contributed by atoms with Gasteiger partial charge in [-0.15, -0.1) is 0 Å². The first-order valence-electron chi connectivity index (χ1n) is 5.64. The fourth-order valence-corrected chi connectivity index (χ4v) is 1.87. The van der Waals surface area contributed by atoms with Crippen LogP contribution in [0.5, 0.6) is 0 Å². The summed E-state index contributed by atoms with van der Waals surface area (Å²) in [7, 11) is 0. The molecule has 92 valence electrons.